The van der Waals surface area contributed by atoms with Crippen molar-refractivity contribution in [2.24, 2.45) is 0 Å². The lowest BCUT2D eigenvalue weighted by atomic mass is 10.00. The van der Waals surface area contributed by atoms with Crippen molar-refractivity contribution in [3.8, 4) is 0 Å². The van der Waals surface area contributed by atoms with E-state index in [2.05, 4.69) is 41.4 Å². The standard InChI is InChI=1S/C22H18Cl2N2O/c23-18-9-8-17(21(24)12-18)14-27-22(13-26-11-10-25-15-26)20-7-3-5-16-4-1-2-6-19(16)20/h1-12,15,22H,13-14H2. The predicted octanol–water partition coefficient (Wildman–Crippen LogP) is 6.30. The largest absolute Gasteiger partial charge is 0.367 e. The predicted molar refractivity (Wildman–Crippen MR) is 110 cm³/mol. The fourth-order valence-corrected chi connectivity index (χ4v) is 3.65. The third-order valence-corrected chi connectivity index (χ3v) is 5.15. The number of imidazole rings is 1. The number of hydrogen-bond acceptors (Lipinski definition) is 2. The van der Waals surface area contributed by atoms with Crippen LogP contribution in [0.25, 0.3) is 10.8 Å². The second kappa shape index (κ2) is 8.13. The molecule has 1 unspecified atom stereocenters. The van der Waals surface area contributed by atoms with Gasteiger partial charge in [-0.3, -0.25) is 0 Å². The highest BCUT2D eigenvalue weighted by Crippen LogP contribution is 2.30. The van der Waals surface area contributed by atoms with Crippen LogP contribution in [0.15, 0.2) is 79.4 Å². The number of rotatable bonds is 6. The summed E-state index contributed by atoms with van der Waals surface area (Å²) < 4.78 is 8.36. The van der Waals surface area contributed by atoms with Gasteiger partial charge in [0.2, 0.25) is 0 Å². The molecule has 4 aromatic rings. The van der Waals surface area contributed by atoms with E-state index in [4.69, 9.17) is 27.9 Å². The Labute approximate surface area is 168 Å². The quantitative estimate of drug-likeness (QED) is 0.382. The second-order valence-corrected chi connectivity index (χ2v) is 7.21. The Hall–Kier alpha value is -2.33. The van der Waals surface area contributed by atoms with Gasteiger partial charge < -0.3 is 9.30 Å². The summed E-state index contributed by atoms with van der Waals surface area (Å²) in [5, 5.41) is 3.61. The third kappa shape index (κ3) is 4.16. The molecule has 0 bridgehead atoms. The third-order valence-electron chi connectivity index (χ3n) is 4.56. The molecule has 27 heavy (non-hydrogen) atoms. The van der Waals surface area contributed by atoms with Crippen molar-refractivity contribution in [3.63, 3.8) is 0 Å². The van der Waals surface area contributed by atoms with E-state index >= 15 is 0 Å². The molecular formula is C22H18Cl2N2O. The summed E-state index contributed by atoms with van der Waals surface area (Å²) in [5.41, 5.74) is 2.06. The number of ether oxygens (including phenoxy) is 1. The molecule has 136 valence electrons. The van der Waals surface area contributed by atoms with E-state index in [1.807, 2.05) is 29.0 Å². The summed E-state index contributed by atoms with van der Waals surface area (Å²) in [6.07, 6.45) is 5.38. The van der Waals surface area contributed by atoms with E-state index in [1.165, 1.54) is 10.8 Å². The van der Waals surface area contributed by atoms with Gasteiger partial charge in [-0.2, -0.15) is 0 Å². The highest BCUT2D eigenvalue weighted by molar-refractivity contribution is 6.35. The fraction of sp³-hybridized carbons (Fsp3) is 0.136. The lowest BCUT2D eigenvalue weighted by Crippen LogP contribution is -2.12. The summed E-state index contributed by atoms with van der Waals surface area (Å²) in [6.45, 7) is 1.07. The minimum absolute atomic E-state index is 0.142. The zero-order valence-electron chi connectivity index (χ0n) is 14.6. The van der Waals surface area contributed by atoms with E-state index in [0.29, 0.717) is 23.2 Å². The van der Waals surface area contributed by atoms with Crippen LogP contribution in [0.5, 0.6) is 0 Å². The van der Waals surface area contributed by atoms with Gasteiger partial charge in [0.05, 0.1) is 19.5 Å². The molecule has 3 aromatic carbocycles. The highest BCUT2D eigenvalue weighted by atomic mass is 35.5. The Balaban J connectivity index is 1.66. The summed E-state index contributed by atoms with van der Waals surface area (Å²) in [6, 6.07) is 20.1. The minimum Gasteiger partial charge on any atom is -0.367 e. The molecule has 3 nitrogen and oxygen atoms in total. The van der Waals surface area contributed by atoms with Gasteiger partial charge in [0.15, 0.2) is 0 Å². The average molecular weight is 397 g/mol. The van der Waals surface area contributed by atoms with E-state index < -0.39 is 0 Å². The molecular weight excluding hydrogens is 379 g/mol. The first-order valence-electron chi connectivity index (χ1n) is 8.69. The van der Waals surface area contributed by atoms with Crippen LogP contribution >= 0.6 is 23.2 Å². The molecule has 0 aliphatic rings. The molecule has 4 rings (SSSR count). The summed E-state index contributed by atoms with van der Waals surface area (Å²) in [4.78, 5) is 4.14. The van der Waals surface area contributed by atoms with Crippen molar-refractivity contribution in [3.05, 3.63) is 101 Å². The molecule has 1 atom stereocenters. The van der Waals surface area contributed by atoms with Gasteiger partial charge >= 0.3 is 0 Å². The Bertz CT molecular complexity index is 1040. The number of benzene rings is 3. The highest BCUT2D eigenvalue weighted by Gasteiger charge is 2.17. The maximum Gasteiger partial charge on any atom is 0.101 e. The maximum absolute atomic E-state index is 6.34. The molecule has 0 fully saturated rings. The molecule has 1 aromatic heterocycles. The monoisotopic (exact) mass is 396 g/mol. The van der Waals surface area contributed by atoms with Crippen LogP contribution < -0.4 is 0 Å². The number of nitrogens with zero attached hydrogens (tertiary/aromatic N) is 2. The van der Waals surface area contributed by atoms with Gasteiger partial charge in [0.1, 0.15) is 6.10 Å². The molecule has 0 saturated carbocycles. The van der Waals surface area contributed by atoms with Crippen LogP contribution in [0, 0.1) is 0 Å². The van der Waals surface area contributed by atoms with Gasteiger partial charge in [0, 0.05) is 22.4 Å². The van der Waals surface area contributed by atoms with Crippen LogP contribution in [0.3, 0.4) is 0 Å². The lowest BCUT2D eigenvalue weighted by Gasteiger charge is -2.21. The SMILES string of the molecule is Clc1ccc(COC(Cn2ccnc2)c2cccc3ccccc23)c(Cl)c1. The van der Waals surface area contributed by atoms with Gasteiger partial charge in [-0.25, -0.2) is 4.98 Å². The number of hydrogen-bond donors (Lipinski definition) is 0. The molecule has 5 heteroatoms. The number of halogens is 2. The van der Waals surface area contributed by atoms with Crippen LogP contribution in [0.4, 0.5) is 0 Å². The van der Waals surface area contributed by atoms with Crippen molar-refractivity contribution in [1.82, 2.24) is 9.55 Å². The smallest absolute Gasteiger partial charge is 0.101 e. The maximum atomic E-state index is 6.34. The Morgan fingerprint density at radius 1 is 1.00 bits per heavy atom. The molecule has 0 N–H and O–H groups in total. The van der Waals surface area contributed by atoms with E-state index in [1.54, 1.807) is 18.6 Å². The van der Waals surface area contributed by atoms with Gasteiger partial charge in [-0.05, 0) is 34.0 Å². The van der Waals surface area contributed by atoms with Crippen molar-refractivity contribution < 1.29 is 4.74 Å². The molecule has 0 saturated heterocycles. The first-order chi connectivity index (χ1) is 13.2. The first-order valence-corrected chi connectivity index (χ1v) is 9.45. The zero-order chi connectivity index (χ0) is 18.6. The minimum atomic E-state index is -0.142. The Morgan fingerprint density at radius 3 is 2.67 bits per heavy atom. The zero-order valence-corrected chi connectivity index (χ0v) is 16.1. The molecule has 0 radical (unpaired) electrons. The van der Waals surface area contributed by atoms with E-state index in [9.17, 15) is 0 Å². The van der Waals surface area contributed by atoms with E-state index in [-0.39, 0.29) is 6.10 Å². The van der Waals surface area contributed by atoms with Crippen LogP contribution in [-0.4, -0.2) is 9.55 Å². The van der Waals surface area contributed by atoms with Crippen molar-refractivity contribution in [2.45, 2.75) is 19.3 Å². The molecule has 1 heterocycles. The van der Waals surface area contributed by atoms with E-state index in [0.717, 1.165) is 11.1 Å². The second-order valence-electron chi connectivity index (χ2n) is 6.36. The number of fused-ring (bicyclic) bond motifs is 1. The summed E-state index contributed by atoms with van der Waals surface area (Å²) in [7, 11) is 0. The van der Waals surface area contributed by atoms with Crippen molar-refractivity contribution >= 4 is 34.0 Å². The van der Waals surface area contributed by atoms with Gasteiger partial charge in [0.25, 0.3) is 0 Å². The fourth-order valence-electron chi connectivity index (χ4n) is 3.19. The molecule has 0 aliphatic carbocycles. The molecule has 0 amide bonds. The first kappa shape index (κ1) is 18.1. The van der Waals surface area contributed by atoms with Gasteiger partial charge in [-0.15, -0.1) is 0 Å². The van der Waals surface area contributed by atoms with Crippen molar-refractivity contribution in [2.75, 3.05) is 0 Å². The molecule has 0 aliphatic heterocycles. The molecule has 0 spiro atoms. The average Bonchev–Trinajstić information content (AvgIpc) is 3.19. The topological polar surface area (TPSA) is 27.1 Å². The van der Waals surface area contributed by atoms with Crippen molar-refractivity contribution in [1.29, 1.82) is 0 Å². The lowest BCUT2D eigenvalue weighted by molar-refractivity contribution is 0.0289. The van der Waals surface area contributed by atoms with Gasteiger partial charge in [-0.1, -0.05) is 71.7 Å². The van der Waals surface area contributed by atoms with Crippen LogP contribution in [-0.2, 0) is 17.9 Å². The van der Waals surface area contributed by atoms with Crippen LogP contribution in [0.2, 0.25) is 10.0 Å². The normalized spacial score (nSPS) is 12.4. The summed E-state index contributed by atoms with van der Waals surface area (Å²) >= 11 is 12.3. The Morgan fingerprint density at radius 2 is 1.85 bits per heavy atom. The van der Waals surface area contributed by atoms with Crippen LogP contribution in [0.1, 0.15) is 17.2 Å². The number of aromatic nitrogens is 2. The Kier molecular flexibility index (Phi) is 5.44. The summed E-state index contributed by atoms with van der Waals surface area (Å²) in [5.74, 6) is 0.